The van der Waals surface area contributed by atoms with Crippen LogP contribution in [-0.4, -0.2) is 34.2 Å². The van der Waals surface area contributed by atoms with Crippen molar-refractivity contribution in [3.05, 3.63) is 94.3 Å². The lowest BCUT2D eigenvalue weighted by Crippen LogP contribution is -2.35. The van der Waals surface area contributed by atoms with Gasteiger partial charge < -0.3 is 15.5 Å². The lowest BCUT2D eigenvalue weighted by Gasteiger charge is -2.27. The number of hydrogen-bond donors (Lipinski definition) is 2. The zero-order valence-corrected chi connectivity index (χ0v) is 21.4. The summed E-state index contributed by atoms with van der Waals surface area (Å²) in [7, 11) is 1.93. The van der Waals surface area contributed by atoms with Gasteiger partial charge in [0.2, 0.25) is 11.8 Å². The molecule has 0 fully saturated rings. The molecule has 192 valence electrons. The third kappa shape index (κ3) is 3.38. The molecule has 3 aliphatic rings. The second kappa shape index (κ2) is 8.44. The van der Waals surface area contributed by atoms with Crippen LogP contribution in [0.3, 0.4) is 0 Å². The Morgan fingerprint density at radius 3 is 2.79 bits per heavy atom. The Bertz CT molecular complexity index is 1700. The van der Waals surface area contributed by atoms with Crippen molar-refractivity contribution in [3.8, 4) is 0 Å². The summed E-state index contributed by atoms with van der Waals surface area (Å²) in [6.07, 6.45) is 4.24. The third-order valence-corrected chi connectivity index (χ3v) is 7.93. The number of imidazole rings is 1. The molecular formula is C29H28N6O3. The summed E-state index contributed by atoms with van der Waals surface area (Å²) in [6.45, 7) is 9.85. The number of nitrogens with one attached hydrogen (secondary N) is 2. The maximum atomic E-state index is 13.2. The maximum absolute atomic E-state index is 13.2. The monoisotopic (exact) mass is 508 g/mol. The molecule has 0 bridgehead atoms. The average Bonchev–Trinajstić information content (AvgIpc) is 3.47. The molecule has 2 N–H and O–H groups in total. The van der Waals surface area contributed by atoms with E-state index in [1.54, 1.807) is 10.8 Å². The Balaban J connectivity index is 1.25. The largest absolute Gasteiger partial charge is 0.345 e. The van der Waals surface area contributed by atoms with Gasteiger partial charge in [-0.15, -0.1) is 0 Å². The van der Waals surface area contributed by atoms with Gasteiger partial charge in [0.05, 0.1) is 28.7 Å². The van der Waals surface area contributed by atoms with Gasteiger partial charge in [-0.25, -0.2) is 4.79 Å². The molecule has 1 unspecified atom stereocenters. The van der Waals surface area contributed by atoms with Gasteiger partial charge in [0.1, 0.15) is 6.54 Å². The summed E-state index contributed by atoms with van der Waals surface area (Å²) >= 11 is 0. The number of benzene rings is 2. The van der Waals surface area contributed by atoms with Gasteiger partial charge in [0.25, 0.3) is 0 Å². The zero-order chi connectivity index (χ0) is 26.8. The molecule has 0 saturated heterocycles. The summed E-state index contributed by atoms with van der Waals surface area (Å²) in [5.74, 6) is -0.341. The Labute approximate surface area is 219 Å². The molecule has 1 spiro atoms. The van der Waals surface area contributed by atoms with E-state index in [4.69, 9.17) is 0 Å². The molecule has 2 aliphatic heterocycles. The van der Waals surface area contributed by atoms with Crippen molar-refractivity contribution in [2.75, 3.05) is 17.3 Å². The van der Waals surface area contributed by atoms with Crippen LogP contribution < -0.4 is 21.2 Å². The summed E-state index contributed by atoms with van der Waals surface area (Å²) in [4.78, 5) is 45.5. The third-order valence-electron chi connectivity index (χ3n) is 7.93. The van der Waals surface area contributed by atoms with Gasteiger partial charge >= 0.3 is 5.69 Å². The maximum Gasteiger partial charge on any atom is 0.330 e. The number of anilines is 2. The van der Waals surface area contributed by atoms with Crippen molar-refractivity contribution in [1.29, 1.82) is 0 Å². The lowest BCUT2D eigenvalue weighted by atomic mass is 9.78. The van der Waals surface area contributed by atoms with Crippen molar-refractivity contribution in [2.45, 2.75) is 32.9 Å². The first-order chi connectivity index (χ1) is 18.2. The molecule has 2 amide bonds. The number of carbonyl (C=O) groups excluding carboxylic acids is 2. The fourth-order valence-corrected chi connectivity index (χ4v) is 6.02. The zero-order valence-electron chi connectivity index (χ0n) is 21.4. The molecule has 38 heavy (non-hydrogen) atoms. The molecule has 3 heterocycles. The van der Waals surface area contributed by atoms with Gasteiger partial charge in [-0.05, 0) is 55.2 Å². The van der Waals surface area contributed by atoms with Crippen LogP contribution >= 0.6 is 0 Å². The van der Waals surface area contributed by atoms with Gasteiger partial charge in [-0.2, -0.15) is 0 Å². The predicted molar refractivity (Wildman–Crippen MR) is 148 cm³/mol. The number of allylic oxidation sites excluding steroid dienone is 2. The van der Waals surface area contributed by atoms with E-state index in [0.29, 0.717) is 30.6 Å². The molecule has 9 heteroatoms. The van der Waals surface area contributed by atoms with Crippen LogP contribution in [0.4, 0.5) is 11.4 Å². The molecule has 1 atom stereocenters. The molecule has 0 radical (unpaired) electrons. The van der Waals surface area contributed by atoms with Crippen molar-refractivity contribution in [3.63, 3.8) is 0 Å². The highest BCUT2D eigenvalue weighted by molar-refractivity contribution is 6.02. The van der Waals surface area contributed by atoms with Crippen molar-refractivity contribution < 1.29 is 9.59 Å². The van der Waals surface area contributed by atoms with Crippen molar-refractivity contribution in [1.82, 2.24) is 14.5 Å². The number of nitrogens with zero attached hydrogens (tertiary/aromatic N) is 4. The van der Waals surface area contributed by atoms with E-state index in [2.05, 4.69) is 28.8 Å². The van der Waals surface area contributed by atoms with Crippen LogP contribution in [0.1, 0.15) is 18.1 Å². The second-order valence-electron chi connectivity index (χ2n) is 10.1. The number of carbonyl (C=O) groups is 2. The number of likely N-dealkylation sites (N-methyl/N-ethyl adjacent to an activating group) is 1. The lowest BCUT2D eigenvalue weighted by molar-refractivity contribution is -0.126. The normalized spacial score (nSPS) is 20.1. The number of fused-ring (bicyclic) bond motifs is 1. The molecule has 9 nitrogen and oxygen atoms in total. The minimum atomic E-state index is -0.710. The number of para-hydroxylation sites is 1. The number of hydrogen-bond acceptors (Lipinski definition) is 5. The number of amides is 2. The van der Waals surface area contributed by atoms with Gasteiger partial charge in [0, 0.05) is 42.1 Å². The van der Waals surface area contributed by atoms with Crippen LogP contribution in [0.5, 0.6) is 0 Å². The van der Waals surface area contributed by atoms with Gasteiger partial charge in [0.15, 0.2) is 0 Å². The fraction of sp³-hybridized carbons (Fsp3) is 0.241. The van der Waals surface area contributed by atoms with E-state index in [9.17, 15) is 14.4 Å². The summed E-state index contributed by atoms with van der Waals surface area (Å²) in [5.41, 5.74) is 6.62. The van der Waals surface area contributed by atoms with Crippen LogP contribution in [0.2, 0.25) is 0 Å². The van der Waals surface area contributed by atoms with E-state index >= 15 is 0 Å². The number of aromatic nitrogens is 2. The minimum Gasteiger partial charge on any atom is -0.345 e. The highest BCUT2D eigenvalue weighted by Gasteiger charge is 2.50. The van der Waals surface area contributed by atoms with Crippen LogP contribution in [0.25, 0.3) is 11.0 Å². The minimum absolute atomic E-state index is 0.0388. The highest BCUT2D eigenvalue weighted by atomic mass is 16.2. The fourth-order valence-electron chi connectivity index (χ4n) is 6.02. The topological polar surface area (TPSA) is 101 Å². The quantitative estimate of drug-likeness (QED) is 0.517. The highest BCUT2D eigenvalue weighted by Crippen LogP contribution is 2.46. The molecular weight excluding hydrogens is 480 g/mol. The molecule has 6 rings (SSSR count). The van der Waals surface area contributed by atoms with Crippen LogP contribution in [0, 0.1) is 5.41 Å². The Morgan fingerprint density at radius 2 is 2.00 bits per heavy atom. The molecule has 3 aromatic rings. The van der Waals surface area contributed by atoms with Gasteiger partial charge in [-0.3, -0.25) is 23.7 Å². The molecule has 2 aromatic carbocycles. The first-order valence-electron chi connectivity index (χ1n) is 12.5. The predicted octanol–water partition coefficient (Wildman–Crippen LogP) is 3.11. The Kier molecular flexibility index (Phi) is 5.27. The molecule has 1 aliphatic carbocycles. The van der Waals surface area contributed by atoms with Crippen molar-refractivity contribution >= 4 is 40.4 Å². The van der Waals surface area contributed by atoms with Crippen molar-refractivity contribution in [2.24, 2.45) is 10.4 Å². The van der Waals surface area contributed by atoms with Gasteiger partial charge in [-0.1, -0.05) is 25.3 Å². The van der Waals surface area contributed by atoms with E-state index in [1.165, 1.54) is 10.8 Å². The SMILES string of the molecule is C=C/N=C\C1=C(C)NC(=O)C12Cc1ccc(NC(=O)Cn3c(=O)n4c5c(cccc53)N(C)C(=C)C4)cc1C2. The first-order valence-corrected chi connectivity index (χ1v) is 12.5. The standard InChI is InChI=1S/C29H28N6O3/c1-5-30-14-22-18(3)31-27(37)29(22)12-19-9-10-21(11-20(19)13-29)32-25(36)16-34-24-8-6-7-23-26(24)35(28(34)38)15-17(2)33(23)4/h5-11,14H,1-2,12-13,15-16H2,3-4H3,(H,31,37)(H,32,36)/b30-14-. The van der Waals surface area contributed by atoms with Crippen LogP contribution in [-0.2, 0) is 35.5 Å². The Hall–Kier alpha value is -4.66. The number of rotatable bonds is 5. The van der Waals surface area contributed by atoms with E-state index in [1.807, 2.05) is 55.3 Å². The number of aliphatic imine (C=N–C) groups is 1. The summed E-state index contributed by atoms with van der Waals surface area (Å²) in [6, 6.07) is 11.4. The molecule has 0 saturated carbocycles. The van der Waals surface area contributed by atoms with E-state index < -0.39 is 5.41 Å². The summed E-state index contributed by atoms with van der Waals surface area (Å²) in [5, 5.41) is 5.90. The first kappa shape index (κ1) is 23.7. The second-order valence-corrected chi connectivity index (χ2v) is 10.1. The molecule has 1 aromatic heterocycles. The smallest absolute Gasteiger partial charge is 0.330 e. The van der Waals surface area contributed by atoms with Crippen LogP contribution in [0.15, 0.2) is 82.5 Å². The average molecular weight is 509 g/mol. The Morgan fingerprint density at radius 1 is 1.21 bits per heavy atom. The van der Waals surface area contributed by atoms with E-state index in [-0.39, 0.29) is 24.0 Å². The summed E-state index contributed by atoms with van der Waals surface area (Å²) < 4.78 is 3.18. The van der Waals surface area contributed by atoms with E-state index in [0.717, 1.165) is 39.3 Å².